The summed E-state index contributed by atoms with van der Waals surface area (Å²) < 4.78 is 0. The number of guanidine groups is 1. The molecule has 2 amide bonds. The van der Waals surface area contributed by atoms with Gasteiger partial charge in [0.2, 0.25) is 11.8 Å². The van der Waals surface area contributed by atoms with Gasteiger partial charge in [0, 0.05) is 13.0 Å². The van der Waals surface area contributed by atoms with Gasteiger partial charge >= 0.3 is 5.97 Å². The molecule has 20 heavy (non-hydrogen) atoms. The quantitative estimate of drug-likeness (QED) is 0.248. The van der Waals surface area contributed by atoms with Gasteiger partial charge in [0.25, 0.3) is 0 Å². The van der Waals surface area contributed by atoms with Crippen LogP contribution >= 0.6 is 0 Å². The molecule has 1 rings (SSSR count). The van der Waals surface area contributed by atoms with Gasteiger partial charge < -0.3 is 22.3 Å². The van der Waals surface area contributed by atoms with Gasteiger partial charge in [0.1, 0.15) is 6.04 Å². The van der Waals surface area contributed by atoms with Gasteiger partial charge in [-0.25, -0.2) is 4.79 Å². The van der Waals surface area contributed by atoms with Crippen LogP contribution in [0.25, 0.3) is 0 Å². The Morgan fingerprint density at radius 1 is 1.45 bits per heavy atom. The fourth-order valence-electron chi connectivity index (χ4n) is 2.02. The minimum atomic E-state index is -1.20. The maximum atomic E-state index is 12.0. The number of carbonyl (C=O) groups excluding carboxylic acids is 2. The first-order valence-electron chi connectivity index (χ1n) is 6.24. The van der Waals surface area contributed by atoms with Crippen molar-refractivity contribution in [3.63, 3.8) is 0 Å². The molecule has 0 aliphatic carbocycles. The number of nitrogens with zero attached hydrogens (tertiary/aromatic N) is 2. The Morgan fingerprint density at radius 3 is 2.65 bits per heavy atom. The Bertz CT molecular complexity index is 433. The minimum absolute atomic E-state index is 0.0451. The third-order valence-corrected chi connectivity index (χ3v) is 3.02. The third kappa shape index (κ3) is 3.92. The van der Waals surface area contributed by atoms with E-state index in [1.165, 1.54) is 0 Å². The number of carbonyl (C=O) groups is 3. The number of imide groups is 1. The number of hydrogen-bond donors (Lipinski definition) is 4. The van der Waals surface area contributed by atoms with Gasteiger partial charge in [-0.2, -0.15) is 0 Å². The summed E-state index contributed by atoms with van der Waals surface area (Å²) in [7, 11) is 0. The van der Waals surface area contributed by atoms with E-state index in [0.29, 0.717) is 13.0 Å². The van der Waals surface area contributed by atoms with E-state index in [2.05, 4.69) is 4.99 Å². The highest BCUT2D eigenvalue weighted by Gasteiger charge is 2.41. The van der Waals surface area contributed by atoms with Crippen LogP contribution in [0.3, 0.4) is 0 Å². The fraction of sp³-hybridized carbons (Fsp3) is 0.636. The van der Waals surface area contributed by atoms with Crippen LogP contribution in [-0.4, -0.2) is 52.4 Å². The summed E-state index contributed by atoms with van der Waals surface area (Å²) >= 11 is 0. The van der Waals surface area contributed by atoms with Crippen molar-refractivity contribution in [2.75, 3.05) is 6.54 Å². The topological polar surface area (TPSA) is 165 Å². The highest BCUT2D eigenvalue weighted by Crippen LogP contribution is 2.20. The zero-order chi connectivity index (χ0) is 15.3. The van der Waals surface area contributed by atoms with Gasteiger partial charge in [0.15, 0.2) is 5.96 Å². The Morgan fingerprint density at radius 2 is 2.10 bits per heavy atom. The summed E-state index contributed by atoms with van der Waals surface area (Å²) in [6, 6.07) is -2.05. The second-order valence-corrected chi connectivity index (χ2v) is 4.55. The second-order valence-electron chi connectivity index (χ2n) is 4.55. The predicted molar refractivity (Wildman–Crippen MR) is 70.4 cm³/mol. The number of hydrogen-bond acceptors (Lipinski definition) is 5. The molecule has 1 fully saturated rings. The molecular weight excluding hydrogens is 266 g/mol. The zero-order valence-electron chi connectivity index (χ0n) is 11.0. The maximum Gasteiger partial charge on any atom is 0.326 e. The first kappa shape index (κ1) is 15.9. The average Bonchev–Trinajstić information content (AvgIpc) is 2.75. The van der Waals surface area contributed by atoms with Gasteiger partial charge in [-0.1, -0.05) is 0 Å². The number of aliphatic imine (C=N–C) groups is 1. The fourth-order valence-corrected chi connectivity index (χ4v) is 2.02. The summed E-state index contributed by atoms with van der Waals surface area (Å²) in [6.07, 6.45) is 0.903. The van der Waals surface area contributed by atoms with Crippen molar-refractivity contribution < 1.29 is 19.5 Å². The van der Waals surface area contributed by atoms with Gasteiger partial charge in [-0.15, -0.1) is 0 Å². The van der Waals surface area contributed by atoms with Crippen molar-refractivity contribution in [2.45, 2.75) is 37.8 Å². The monoisotopic (exact) mass is 285 g/mol. The Hall–Kier alpha value is -2.16. The van der Waals surface area contributed by atoms with Crippen molar-refractivity contribution in [3.05, 3.63) is 0 Å². The summed E-state index contributed by atoms with van der Waals surface area (Å²) in [5.41, 5.74) is 16.0. The summed E-state index contributed by atoms with van der Waals surface area (Å²) in [5, 5.41) is 8.97. The Kier molecular flexibility index (Phi) is 5.44. The van der Waals surface area contributed by atoms with Crippen molar-refractivity contribution in [1.82, 2.24) is 4.90 Å². The number of carboxylic acids is 1. The lowest BCUT2D eigenvalue weighted by molar-refractivity contribution is -0.154. The largest absolute Gasteiger partial charge is 0.480 e. The maximum absolute atomic E-state index is 12.0. The molecule has 1 aliphatic heterocycles. The third-order valence-electron chi connectivity index (χ3n) is 3.02. The van der Waals surface area contributed by atoms with Crippen molar-refractivity contribution in [3.8, 4) is 0 Å². The molecule has 1 aliphatic rings. The molecule has 0 aromatic heterocycles. The number of aliphatic carboxylic acids is 1. The molecule has 2 atom stereocenters. The number of likely N-dealkylation sites (tertiary alicyclic amines) is 1. The van der Waals surface area contributed by atoms with Crippen LogP contribution in [0.1, 0.15) is 25.7 Å². The molecule has 0 aromatic carbocycles. The van der Waals surface area contributed by atoms with E-state index in [1.54, 1.807) is 0 Å². The lowest BCUT2D eigenvalue weighted by Crippen LogP contribution is -2.50. The minimum Gasteiger partial charge on any atom is -0.480 e. The van der Waals surface area contributed by atoms with Crippen LogP contribution in [0.4, 0.5) is 0 Å². The number of nitrogens with two attached hydrogens (primary N) is 3. The van der Waals surface area contributed by atoms with E-state index in [9.17, 15) is 14.4 Å². The second kappa shape index (κ2) is 6.85. The molecule has 1 saturated heterocycles. The SMILES string of the molecule is NC(N)=NCCCC(N)C(=O)N1C(=O)CCC1C(=O)O. The standard InChI is InChI=1S/C11H19N5O4/c12-6(2-1-5-15-11(13)14)9(18)16-7(10(19)20)3-4-8(16)17/h6-7H,1-5,12H2,(H,19,20)(H4,13,14,15). The van der Waals surface area contributed by atoms with Crippen LogP contribution in [0.15, 0.2) is 4.99 Å². The van der Waals surface area contributed by atoms with E-state index in [4.69, 9.17) is 22.3 Å². The smallest absolute Gasteiger partial charge is 0.326 e. The molecule has 0 radical (unpaired) electrons. The first-order chi connectivity index (χ1) is 9.34. The van der Waals surface area contributed by atoms with Crippen LogP contribution in [0, 0.1) is 0 Å². The van der Waals surface area contributed by atoms with E-state index in [0.717, 1.165) is 4.90 Å². The molecular formula is C11H19N5O4. The van der Waals surface area contributed by atoms with Crippen LogP contribution in [-0.2, 0) is 14.4 Å². The highest BCUT2D eigenvalue weighted by atomic mass is 16.4. The van der Waals surface area contributed by atoms with E-state index in [-0.39, 0.29) is 25.2 Å². The van der Waals surface area contributed by atoms with Gasteiger partial charge in [-0.05, 0) is 19.3 Å². The lowest BCUT2D eigenvalue weighted by atomic mass is 10.1. The molecule has 7 N–H and O–H groups in total. The van der Waals surface area contributed by atoms with Gasteiger partial charge in [-0.3, -0.25) is 19.5 Å². The van der Waals surface area contributed by atoms with Crippen LogP contribution in [0.5, 0.6) is 0 Å². The van der Waals surface area contributed by atoms with Gasteiger partial charge in [0.05, 0.1) is 6.04 Å². The van der Waals surface area contributed by atoms with Crippen LogP contribution < -0.4 is 17.2 Å². The molecule has 2 unspecified atom stereocenters. The molecule has 9 nitrogen and oxygen atoms in total. The summed E-state index contributed by atoms with van der Waals surface area (Å²) in [6.45, 7) is 0.319. The molecule has 0 bridgehead atoms. The first-order valence-corrected chi connectivity index (χ1v) is 6.24. The van der Waals surface area contributed by atoms with Crippen molar-refractivity contribution in [1.29, 1.82) is 0 Å². The number of carboxylic acid groups (broad SMARTS) is 1. The van der Waals surface area contributed by atoms with E-state index in [1.807, 2.05) is 0 Å². The molecule has 0 aromatic rings. The average molecular weight is 285 g/mol. The zero-order valence-corrected chi connectivity index (χ0v) is 11.0. The Labute approximate surface area is 115 Å². The van der Waals surface area contributed by atoms with E-state index >= 15 is 0 Å². The van der Waals surface area contributed by atoms with E-state index < -0.39 is 29.9 Å². The normalized spacial score (nSPS) is 19.8. The van der Waals surface area contributed by atoms with Crippen molar-refractivity contribution in [2.24, 2.45) is 22.2 Å². The molecule has 9 heteroatoms. The molecule has 0 saturated carbocycles. The molecule has 1 heterocycles. The number of amides is 2. The lowest BCUT2D eigenvalue weighted by Gasteiger charge is -2.22. The van der Waals surface area contributed by atoms with Crippen LogP contribution in [0.2, 0.25) is 0 Å². The summed E-state index contributed by atoms with van der Waals surface area (Å²) in [4.78, 5) is 39.1. The molecule has 0 spiro atoms. The predicted octanol–water partition coefficient (Wildman–Crippen LogP) is -2.03. The summed E-state index contributed by atoms with van der Waals surface area (Å²) in [5.74, 6) is -2.41. The van der Waals surface area contributed by atoms with Crippen molar-refractivity contribution >= 4 is 23.7 Å². The molecule has 112 valence electrons. The Balaban J connectivity index is 2.57. The number of rotatable bonds is 6. The highest BCUT2D eigenvalue weighted by molar-refractivity contribution is 6.03.